The predicted octanol–water partition coefficient (Wildman–Crippen LogP) is 4.89. The third kappa shape index (κ3) is 2.72. The molecule has 0 rings (SSSR count). The van der Waals surface area contributed by atoms with Gasteiger partial charge in [0, 0.05) is 0 Å². The molecule has 0 aliphatic rings. The quantitative estimate of drug-likeness (QED) is 0.551. The molecule has 0 aromatic heterocycles. The van der Waals surface area contributed by atoms with E-state index in [1.54, 1.807) is 0 Å². The van der Waals surface area contributed by atoms with Crippen molar-refractivity contribution in [1.82, 2.24) is 0 Å². The molecule has 0 N–H and O–H groups in total. The Balaban J connectivity index is 4.57. The van der Waals surface area contributed by atoms with E-state index >= 15 is 0 Å². The van der Waals surface area contributed by atoms with Crippen molar-refractivity contribution in [3.63, 3.8) is 0 Å². The molecule has 2 unspecified atom stereocenters. The van der Waals surface area contributed by atoms with Gasteiger partial charge < -0.3 is 0 Å². The van der Waals surface area contributed by atoms with Crippen LogP contribution in [0.1, 0.15) is 67.2 Å². The molecule has 0 aliphatic carbocycles. The highest BCUT2D eigenvalue weighted by Gasteiger charge is 2.34. The highest BCUT2D eigenvalue weighted by molar-refractivity contribution is 4.84. The Hall–Kier alpha value is 0. The monoisotopic (exact) mass is 184 g/mol. The molecule has 0 aliphatic heterocycles. The lowest BCUT2D eigenvalue weighted by molar-refractivity contribution is 0.0858. The van der Waals surface area contributed by atoms with E-state index in [0.717, 1.165) is 11.8 Å². The Kier molecular flexibility index (Phi) is 5.67. The van der Waals surface area contributed by atoms with E-state index in [4.69, 9.17) is 0 Å². The highest BCUT2D eigenvalue weighted by Crippen LogP contribution is 2.43. The molecule has 0 heterocycles. The maximum atomic E-state index is 2.48. The first-order valence-electron chi connectivity index (χ1n) is 6.06. The molecule has 0 radical (unpaired) electrons. The molecule has 0 bridgehead atoms. The molecule has 13 heavy (non-hydrogen) atoms. The van der Waals surface area contributed by atoms with Crippen LogP contribution < -0.4 is 0 Å². The zero-order valence-electron chi connectivity index (χ0n) is 10.5. The first kappa shape index (κ1) is 13.0. The Labute approximate surface area is 85.1 Å². The van der Waals surface area contributed by atoms with Gasteiger partial charge >= 0.3 is 0 Å². The van der Waals surface area contributed by atoms with Gasteiger partial charge in [0.05, 0.1) is 0 Å². The van der Waals surface area contributed by atoms with Gasteiger partial charge in [-0.25, -0.2) is 0 Å². The minimum Gasteiger partial charge on any atom is -0.0651 e. The summed E-state index contributed by atoms with van der Waals surface area (Å²) in [5, 5.41) is 0. The molecule has 0 aromatic rings. The van der Waals surface area contributed by atoms with Crippen LogP contribution in [-0.2, 0) is 0 Å². The Bertz CT molecular complexity index is 124. The maximum absolute atomic E-state index is 2.48. The van der Waals surface area contributed by atoms with E-state index in [1.165, 1.54) is 25.7 Å². The van der Waals surface area contributed by atoms with Gasteiger partial charge in [-0.3, -0.25) is 0 Å². The van der Waals surface area contributed by atoms with E-state index in [-0.39, 0.29) is 0 Å². The summed E-state index contributed by atoms with van der Waals surface area (Å²) in [6.45, 7) is 14.3. The molecule has 0 aromatic carbocycles. The smallest absolute Gasteiger partial charge is 0.0275 e. The summed E-state index contributed by atoms with van der Waals surface area (Å²) in [4.78, 5) is 0. The van der Waals surface area contributed by atoms with Gasteiger partial charge in [-0.05, 0) is 17.3 Å². The van der Waals surface area contributed by atoms with Crippen molar-refractivity contribution in [3.8, 4) is 0 Å². The van der Waals surface area contributed by atoms with Crippen LogP contribution in [0.3, 0.4) is 0 Å². The predicted molar refractivity (Wildman–Crippen MR) is 61.9 cm³/mol. The maximum Gasteiger partial charge on any atom is -0.0275 e. The van der Waals surface area contributed by atoms with Gasteiger partial charge in [0.2, 0.25) is 0 Å². The second-order valence-corrected chi connectivity index (χ2v) is 4.68. The van der Waals surface area contributed by atoms with E-state index in [1.807, 2.05) is 0 Å². The van der Waals surface area contributed by atoms with Crippen molar-refractivity contribution in [2.45, 2.75) is 67.2 Å². The SMILES string of the molecule is CCC(C)C(C)(CC)C(CC)CC. The molecule has 0 nitrogen and oxygen atoms in total. The van der Waals surface area contributed by atoms with Crippen LogP contribution in [-0.4, -0.2) is 0 Å². The fourth-order valence-electron chi connectivity index (χ4n) is 2.73. The summed E-state index contributed by atoms with van der Waals surface area (Å²) < 4.78 is 0. The summed E-state index contributed by atoms with van der Waals surface area (Å²) in [5.74, 6) is 1.77. The van der Waals surface area contributed by atoms with Crippen molar-refractivity contribution in [1.29, 1.82) is 0 Å². The summed E-state index contributed by atoms with van der Waals surface area (Å²) >= 11 is 0. The minimum absolute atomic E-state index is 0.568. The lowest BCUT2D eigenvalue weighted by Gasteiger charge is -2.41. The normalized spacial score (nSPS) is 18.7. The van der Waals surface area contributed by atoms with Gasteiger partial charge in [0.15, 0.2) is 0 Å². The lowest BCUT2D eigenvalue weighted by atomic mass is 9.64. The first-order valence-corrected chi connectivity index (χ1v) is 6.06. The van der Waals surface area contributed by atoms with Gasteiger partial charge in [-0.1, -0.05) is 67.2 Å². The Morgan fingerprint density at radius 1 is 0.923 bits per heavy atom. The molecule has 0 heteroatoms. The summed E-state index contributed by atoms with van der Waals surface area (Å²) in [6.07, 6.45) is 5.32. The van der Waals surface area contributed by atoms with Crippen molar-refractivity contribution in [2.24, 2.45) is 17.3 Å². The molecule has 0 saturated carbocycles. The van der Waals surface area contributed by atoms with Crippen LogP contribution in [0.25, 0.3) is 0 Å². The largest absolute Gasteiger partial charge is 0.0651 e. The average molecular weight is 184 g/mol. The van der Waals surface area contributed by atoms with E-state index in [9.17, 15) is 0 Å². The van der Waals surface area contributed by atoms with Crippen molar-refractivity contribution < 1.29 is 0 Å². The lowest BCUT2D eigenvalue weighted by Crippen LogP contribution is -2.32. The van der Waals surface area contributed by atoms with Crippen molar-refractivity contribution >= 4 is 0 Å². The molecule has 2 atom stereocenters. The van der Waals surface area contributed by atoms with E-state index < -0.39 is 0 Å². The van der Waals surface area contributed by atoms with Crippen LogP contribution in [0.4, 0.5) is 0 Å². The first-order chi connectivity index (χ1) is 6.06. The fourth-order valence-corrected chi connectivity index (χ4v) is 2.73. The third-order valence-corrected chi connectivity index (χ3v) is 4.42. The van der Waals surface area contributed by atoms with Gasteiger partial charge in [0.25, 0.3) is 0 Å². The van der Waals surface area contributed by atoms with Crippen LogP contribution in [0.15, 0.2) is 0 Å². The molecule has 80 valence electrons. The average Bonchev–Trinajstić information content (AvgIpc) is 2.17. The van der Waals surface area contributed by atoms with Gasteiger partial charge in [-0.2, -0.15) is 0 Å². The van der Waals surface area contributed by atoms with Crippen molar-refractivity contribution in [3.05, 3.63) is 0 Å². The second kappa shape index (κ2) is 5.67. The summed E-state index contributed by atoms with van der Waals surface area (Å²) in [6, 6.07) is 0. The minimum atomic E-state index is 0.568. The molecule has 0 amide bonds. The molecule has 0 spiro atoms. The number of hydrogen-bond donors (Lipinski definition) is 0. The molecule has 0 saturated heterocycles. The van der Waals surface area contributed by atoms with E-state index in [0.29, 0.717) is 5.41 Å². The third-order valence-electron chi connectivity index (χ3n) is 4.42. The zero-order chi connectivity index (χ0) is 10.5. The molecular weight excluding hydrogens is 156 g/mol. The van der Waals surface area contributed by atoms with Gasteiger partial charge in [-0.15, -0.1) is 0 Å². The number of hydrogen-bond acceptors (Lipinski definition) is 0. The van der Waals surface area contributed by atoms with Crippen LogP contribution in [0.2, 0.25) is 0 Å². The van der Waals surface area contributed by atoms with Crippen molar-refractivity contribution in [2.75, 3.05) is 0 Å². The van der Waals surface area contributed by atoms with E-state index in [2.05, 4.69) is 41.5 Å². The second-order valence-electron chi connectivity index (χ2n) is 4.68. The Morgan fingerprint density at radius 2 is 1.38 bits per heavy atom. The van der Waals surface area contributed by atoms with Crippen LogP contribution in [0.5, 0.6) is 0 Å². The van der Waals surface area contributed by atoms with Crippen LogP contribution >= 0.6 is 0 Å². The topological polar surface area (TPSA) is 0 Å². The zero-order valence-corrected chi connectivity index (χ0v) is 10.5. The fraction of sp³-hybridized carbons (Fsp3) is 1.00. The highest BCUT2D eigenvalue weighted by atomic mass is 14.4. The van der Waals surface area contributed by atoms with Gasteiger partial charge in [0.1, 0.15) is 0 Å². The molecular formula is C13H28. The summed E-state index contributed by atoms with van der Waals surface area (Å²) in [7, 11) is 0. The molecule has 0 fully saturated rings. The summed E-state index contributed by atoms with van der Waals surface area (Å²) in [5.41, 5.74) is 0.568. The standard InChI is InChI=1S/C13H28/c1-7-11(5)13(6,10-4)12(8-2)9-3/h11-12H,7-10H2,1-6H3. The number of rotatable bonds is 6. The van der Waals surface area contributed by atoms with Crippen LogP contribution in [0, 0.1) is 17.3 Å². The Morgan fingerprint density at radius 3 is 1.62 bits per heavy atom.